The number of benzene rings is 1. The summed E-state index contributed by atoms with van der Waals surface area (Å²) in [4.78, 5) is 10.2. The fraction of sp³-hybridized carbons (Fsp3) is 0.731. The van der Waals surface area contributed by atoms with Crippen LogP contribution in [-0.2, 0) is 22.4 Å². The molecule has 0 saturated heterocycles. The van der Waals surface area contributed by atoms with E-state index < -0.39 is 0 Å². The number of halogens is 1. The van der Waals surface area contributed by atoms with Crippen LogP contribution in [0.4, 0.5) is 0 Å². The Hall–Kier alpha value is -0.830. The number of carbonyl (C=O) groups excluding carboxylic acids is 1. The van der Waals surface area contributed by atoms with Crippen molar-refractivity contribution < 1.29 is 9.53 Å². The first-order chi connectivity index (χ1) is 13.4. The van der Waals surface area contributed by atoms with E-state index in [-0.39, 0.29) is 11.6 Å². The van der Waals surface area contributed by atoms with E-state index >= 15 is 0 Å². The van der Waals surface area contributed by atoms with Crippen molar-refractivity contribution in [3.63, 3.8) is 0 Å². The maximum absolute atomic E-state index is 10.2. The zero-order chi connectivity index (χ0) is 23.6. The van der Waals surface area contributed by atoms with Gasteiger partial charge in [-0.25, -0.2) is 0 Å². The lowest BCUT2D eigenvalue weighted by molar-refractivity contribution is -0.151. The maximum Gasteiger partial charge on any atom is 0.303 e. The normalized spacial score (nSPS) is 10.9. The third kappa shape index (κ3) is 20.2. The van der Waals surface area contributed by atoms with Gasteiger partial charge in [0.25, 0.3) is 0 Å². The summed E-state index contributed by atoms with van der Waals surface area (Å²) in [5.74, 6) is 0.557. The predicted octanol–water partition coefficient (Wildman–Crippen LogP) is 9.09. The third-order valence-electron chi connectivity index (χ3n) is 4.12. The minimum atomic E-state index is -0.328. The molecule has 0 amide bonds. The molecule has 0 aromatic heterocycles. The van der Waals surface area contributed by atoms with Crippen LogP contribution in [0.2, 0.25) is 0 Å². The van der Waals surface area contributed by atoms with Gasteiger partial charge in [0, 0.05) is 11.4 Å². The second kappa shape index (κ2) is 19.2. The quantitative estimate of drug-likeness (QED) is 0.399. The number of carbonyl (C=O) groups is 1. The fourth-order valence-electron chi connectivity index (χ4n) is 2.26. The van der Waals surface area contributed by atoms with Crippen LogP contribution in [0.1, 0.15) is 112 Å². The zero-order valence-corrected chi connectivity index (χ0v) is 23.0. The van der Waals surface area contributed by atoms with E-state index in [0.29, 0.717) is 0 Å². The highest BCUT2D eigenvalue weighted by molar-refractivity contribution is 9.10. The molecule has 0 aliphatic rings. The molecule has 0 saturated carbocycles. The van der Waals surface area contributed by atoms with Crippen LogP contribution < -0.4 is 0 Å². The van der Waals surface area contributed by atoms with Crippen molar-refractivity contribution in [3.05, 3.63) is 33.3 Å². The molecule has 1 rings (SSSR count). The average Bonchev–Trinajstić information content (AvgIpc) is 2.64. The molecule has 0 spiro atoms. The first-order valence-corrected chi connectivity index (χ1v) is 12.2. The Bertz CT molecular complexity index is 528. The molecule has 1 unspecified atom stereocenters. The van der Waals surface area contributed by atoms with Gasteiger partial charge in [-0.1, -0.05) is 89.7 Å². The lowest BCUT2D eigenvalue weighted by Gasteiger charge is -2.17. The third-order valence-corrected chi connectivity index (χ3v) is 4.95. The number of hydrogen-bond acceptors (Lipinski definition) is 2. The molecule has 29 heavy (non-hydrogen) atoms. The summed E-state index contributed by atoms with van der Waals surface area (Å²) < 4.78 is 6.06. The van der Waals surface area contributed by atoms with E-state index in [1.54, 1.807) is 0 Å². The van der Waals surface area contributed by atoms with E-state index in [2.05, 4.69) is 69.6 Å². The summed E-state index contributed by atoms with van der Waals surface area (Å²) in [5.41, 5.74) is 4.01. The highest BCUT2D eigenvalue weighted by Crippen LogP contribution is 2.24. The summed E-state index contributed by atoms with van der Waals surface area (Å²) in [7, 11) is 0. The summed E-state index contributed by atoms with van der Waals surface area (Å²) in [6, 6.07) is 4.65. The highest BCUT2D eigenvalue weighted by Gasteiger charge is 2.11. The summed E-state index contributed by atoms with van der Waals surface area (Å²) in [6.45, 7) is 24.3. The molecule has 0 aliphatic heterocycles. The molecule has 172 valence electrons. The van der Waals surface area contributed by atoms with E-state index in [1.807, 2.05) is 34.6 Å². The van der Waals surface area contributed by atoms with Crippen molar-refractivity contribution in [1.29, 1.82) is 0 Å². The van der Waals surface area contributed by atoms with Crippen LogP contribution in [0.5, 0.6) is 0 Å². The highest BCUT2D eigenvalue weighted by atomic mass is 79.9. The largest absolute Gasteiger partial charge is 0.460 e. The second-order valence-electron chi connectivity index (χ2n) is 8.14. The Morgan fingerprint density at radius 1 is 1.07 bits per heavy atom. The van der Waals surface area contributed by atoms with Crippen LogP contribution in [-0.4, -0.2) is 11.6 Å². The Morgan fingerprint density at radius 3 is 1.83 bits per heavy atom. The number of unbranched alkanes of at least 4 members (excludes halogenated alkanes) is 1. The molecule has 0 N–H and O–H groups in total. The van der Waals surface area contributed by atoms with Gasteiger partial charge in [-0.15, -0.1) is 0 Å². The first-order valence-electron chi connectivity index (χ1n) is 11.4. The molecule has 3 heteroatoms. The van der Waals surface area contributed by atoms with Gasteiger partial charge in [0.2, 0.25) is 0 Å². The van der Waals surface area contributed by atoms with Crippen LogP contribution in [0.3, 0.4) is 0 Å². The molecule has 0 heterocycles. The van der Waals surface area contributed by atoms with Crippen LogP contribution in [0.15, 0.2) is 16.6 Å². The molecule has 0 bridgehead atoms. The molecule has 1 aromatic carbocycles. The number of aryl methyl sites for hydroxylation is 1. The van der Waals surface area contributed by atoms with Gasteiger partial charge in [-0.3, -0.25) is 4.79 Å². The Morgan fingerprint density at radius 2 is 1.55 bits per heavy atom. The van der Waals surface area contributed by atoms with Gasteiger partial charge < -0.3 is 4.74 Å². The molecular weight excluding hydrogens is 424 g/mol. The monoisotopic (exact) mass is 472 g/mol. The smallest absolute Gasteiger partial charge is 0.303 e. The summed E-state index contributed by atoms with van der Waals surface area (Å²) >= 11 is 3.65. The van der Waals surface area contributed by atoms with E-state index in [9.17, 15) is 4.79 Å². The summed E-state index contributed by atoms with van der Waals surface area (Å²) in [5, 5.41) is 0. The molecule has 0 aliphatic carbocycles. The number of rotatable bonds is 5. The topological polar surface area (TPSA) is 26.3 Å². The zero-order valence-electron chi connectivity index (χ0n) is 21.5. The molecule has 0 radical (unpaired) electrons. The van der Waals surface area contributed by atoms with Gasteiger partial charge in [-0.05, 0) is 69.2 Å². The molecule has 0 fully saturated rings. The van der Waals surface area contributed by atoms with Gasteiger partial charge in [0.1, 0.15) is 5.60 Å². The maximum atomic E-state index is 10.2. The Labute approximate surface area is 191 Å². The van der Waals surface area contributed by atoms with E-state index in [1.165, 1.54) is 53.8 Å². The van der Waals surface area contributed by atoms with Crippen molar-refractivity contribution >= 4 is 21.9 Å². The van der Waals surface area contributed by atoms with Crippen LogP contribution >= 0.6 is 15.9 Å². The van der Waals surface area contributed by atoms with Gasteiger partial charge in [0.05, 0.1) is 0 Å². The minimum Gasteiger partial charge on any atom is -0.460 e. The van der Waals surface area contributed by atoms with Crippen molar-refractivity contribution in [1.82, 2.24) is 0 Å². The van der Waals surface area contributed by atoms with Crippen molar-refractivity contribution in [2.24, 2.45) is 5.92 Å². The van der Waals surface area contributed by atoms with Crippen LogP contribution in [0, 0.1) is 12.8 Å². The van der Waals surface area contributed by atoms with Gasteiger partial charge >= 0.3 is 5.97 Å². The Kier molecular flexibility index (Phi) is 21.7. The standard InChI is InChI=1S/C14H21Br.C6H12O2.C4H10.C2H6/c1-5-10(3)7-12-8-13(6-2)11(4)14(15)9-12;1-5(7)8-6(2,3)4;1-3-4-2;1-2/h8-10H,5-7H2,1-4H3;1-4H3;3-4H2,1-2H3;1-2H3. The number of ether oxygens (including phenoxy) is 1. The minimum absolute atomic E-state index is 0.225. The van der Waals surface area contributed by atoms with E-state index in [4.69, 9.17) is 4.74 Å². The summed E-state index contributed by atoms with van der Waals surface area (Å²) in [6.07, 6.45) is 6.22. The first kappa shape index (κ1) is 32.8. The van der Waals surface area contributed by atoms with Crippen molar-refractivity contribution in [2.75, 3.05) is 0 Å². The molecule has 2 nitrogen and oxygen atoms in total. The second-order valence-corrected chi connectivity index (χ2v) is 8.99. The van der Waals surface area contributed by atoms with Gasteiger partial charge in [-0.2, -0.15) is 0 Å². The molecule has 1 atom stereocenters. The predicted molar refractivity (Wildman–Crippen MR) is 135 cm³/mol. The lowest BCUT2D eigenvalue weighted by Crippen LogP contribution is -2.21. The number of esters is 1. The SMILES string of the molecule is CC.CC(=O)OC(C)(C)C.CCCC.CCc1cc(CC(C)CC)cc(Br)c1C. The van der Waals surface area contributed by atoms with E-state index in [0.717, 1.165) is 12.3 Å². The fourth-order valence-corrected chi connectivity index (χ4v) is 2.81. The Balaban J connectivity index is -0.000000406. The lowest BCUT2D eigenvalue weighted by atomic mass is 9.95. The molecule has 1 aromatic rings. The van der Waals surface area contributed by atoms with Crippen LogP contribution in [0.25, 0.3) is 0 Å². The van der Waals surface area contributed by atoms with Gasteiger partial charge in [0.15, 0.2) is 0 Å². The number of hydrogen-bond donors (Lipinski definition) is 0. The molecular formula is C26H49BrO2. The van der Waals surface area contributed by atoms with Crippen molar-refractivity contribution in [2.45, 2.75) is 121 Å². The van der Waals surface area contributed by atoms with Crippen molar-refractivity contribution in [3.8, 4) is 0 Å². The average molecular weight is 474 g/mol.